The van der Waals surface area contributed by atoms with E-state index in [4.69, 9.17) is 11.6 Å². The third-order valence-corrected chi connectivity index (χ3v) is 4.08. The summed E-state index contributed by atoms with van der Waals surface area (Å²) in [5.41, 5.74) is 1.81. The van der Waals surface area contributed by atoms with Crippen molar-refractivity contribution in [3.8, 4) is 0 Å². The van der Waals surface area contributed by atoms with Gasteiger partial charge in [-0.05, 0) is 48.4 Å². The molecule has 0 bridgehead atoms. The van der Waals surface area contributed by atoms with Crippen molar-refractivity contribution in [1.29, 1.82) is 0 Å². The number of carbonyl (C=O) groups is 1. The lowest BCUT2D eigenvalue weighted by molar-refractivity contribution is 0.0954. The molecule has 27 heavy (non-hydrogen) atoms. The number of hydrogen-bond donors (Lipinski definition) is 2. The van der Waals surface area contributed by atoms with Crippen LogP contribution in [0.1, 0.15) is 15.9 Å². The first-order chi connectivity index (χ1) is 13.0. The van der Waals surface area contributed by atoms with Crippen molar-refractivity contribution >= 4 is 29.0 Å². The Labute approximate surface area is 160 Å². The smallest absolute Gasteiger partial charge is 0.251 e. The van der Waals surface area contributed by atoms with Crippen LogP contribution in [-0.4, -0.2) is 17.4 Å². The molecule has 0 spiro atoms. The predicted octanol–water partition coefficient (Wildman–Crippen LogP) is 4.73. The Morgan fingerprint density at radius 2 is 1.78 bits per heavy atom. The largest absolute Gasteiger partial charge is 0.352 e. The van der Waals surface area contributed by atoms with Gasteiger partial charge in [0.15, 0.2) is 11.6 Å². The molecule has 1 heterocycles. The highest BCUT2D eigenvalue weighted by Crippen LogP contribution is 2.18. The normalized spacial score (nSPS) is 10.5. The third kappa shape index (κ3) is 5.24. The minimum atomic E-state index is -0.962. The zero-order chi connectivity index (χ0) is 19.2. The van der Waals surface area contributed by atoms with Gasteiger partial charge in [0.2, 0.25) is 0 Å². The molecule has 0 saturated carbocycles. The molecule has 3 aromatic rings. The predicted molar refractivity (Wildman–Crippen MR) is 101 cm³/mol. The van der Waals surface area contributed by atoms with Crippen LogP contribution in [0.4, 0.5) is 20.3 Å². The summed E-state index contributed by atoms with van der Waals surface area (Å²) in [6.45, 7) is 0.467. The molecule has 0 atom stereocenters. The van der Waals surface area contributed by atoms with Crippen molar-refractivity contribution in [2.24, 2.45) is 0 Å². The Morgan fingerprint density at radius 1 is 1.00 bits per heavy atom. The lowest BCUT2D eigenvalue weighted by atomic mass is 10.1. The van der Waals surface area contributed by atoms with E-state index in [1.807, 2.05) is 12.1 Å². The molecule has 4 nitrogen and oxygen atoms in total. The Balaban J connectivity index is 1.59. The Morgan fingerprint density at radius 3 is 2.52 bits per heavy atom. The summed E-state index contributed by atoms with van der Waals surface area (Å²) in [7, 11) is 0. The number of nitrogens with one attached hydrogen (secondary N) is 2. The fourth-order valence-electron chi connectivity index (χ4n) is 2.44. The average Bonchev–Trinajstić information content (AvgIpc) is 2.66. The highest BCUT2D eigenvalue weighted by atomic mass is 35.5. The maximum atomic E-state index is 13.3. The Bertz CT molecular complexity index is 948. The van der Waals surface area contributed by atoms with Crippen LogP contribution in [0, 0.1) is 11.6 Å². The number of aromatic nitrogens is 1. The maximum Gasteiger partial charge on any atom is 0.251 e. The summed E-state index contributed by atoms with van der Waals surface area (Å²) in [6.07, 6.45) is 2.14. The van der Waals surface area contributed by atoms with E-state index < -0.39 is 11.6 Å². The van der Waals surface area contributed by atoms with Gasteiger partial charge in [-0.25, -0.2) is 13.8 Å². The van der Waals surface area contributed by atoms with E-state index in [0.717, 1.165) is 17.7 Å². The van der Waals surface area contributed by atoms with Gasteiger partial charge in [-0.2, -0.15) is 0 Å². The number of rotatable bonds is 6. The zero-order valence-electron chi connectivity index (χ0n) is 14.2. The third-order valence-electron chi connectivity index (χ3n) is 3.83. The Hall–Kier alpha value is -2.99. The van der Waals surface area contributed by atoms with Gasteiger partial charge in [-0.1, -0.05) is 23.7 Å². The maximum absolute atomic E-state index is 13.3. The lowest BCUT2D eigenvalue weighted by Crippen LogP contribution is -2.25. The minimum Gasteiger partial charge on any atom is -0.352 e. The number of amides is 1. The molecule has 1 aromatic heterocycles. The fraction of sp³-hybridized carbons (Fsp3) is 0.100. The number of anilines is 2. The van der Waals surface area contributed by atoms with Gasteiger partial charge in [0, 0.05) is 35.1 Å². The van der Waals surface area contributed by atoms with Gasteiger partial charge in [0.25, 0.3) is 5.91 Å². The molecular formula is C20H16ClF2N3O. The van der Waals surface area contributed by atoms with Crippen LogP contribution in [0.3, 0.4) is 0 Å². The van der Waals surface area contributed by atoms with E-state index in [9.17, 15) is 13.6 Å². The topological polar surface area (TPSA) is 54.0 Å². The molecule has 2 aromatic carbocycles. The standard InChI is InChI=1S/C20H16ClF2N3O/c21-15-3-1-13(2-4-15)7-9-25-20(27)14-8-10-24-19(11-14)26-16-5-6-17(22)18(23)12-16/h1-6,8,10-12H,7,9H2,(H,24,26)(H,25,27). The van der Waals surface area contributed by atoms with Gasteiger partial charge in [-0.3, -0.25) is 4.79 Å². The summed E-state index contributed by atoms with van der Waals surface area (Å²) in [5, 5.41) is 6.34. The van der Waals surface area contributed by atoms with E-state index in [0.29, 0.717) is 35.1 Å². The molecule has 0 aliphatic carbocycles. The van der Waals surface area contributed by atoms with Crippen molar-refractivity contribution in [1.82, 2.24) is 10.3 Å². The van der Waals surface area contributed by atoms with Crippen molar-refractivity contribution in [3.05, 3.63) is 88.6 Å². The second-order valence-corrected chi connectivity index (χ2v) is 6.25. The van der Waals surface area contributed by atoms with E-state index in [1.54, 1.807) is 24.3 Å². The summed E-state index contributed by atoms with van der Waals surface area (Å²) in [6, 6.07) is 14.0. The first kappa shape index (κ1) is 18.8. The molecule has 0 unspecified atom stereocenters. The van der Waals surface area contributed by atoms with Gasteiger partial charge in [-0.15, -0.1) is 0 Å². The van der Waals surface area contributed by atoms with Crippen LogP contribution in [0.5, 0.6) is 0 Å². The lowest BCUT2D eigenvalue weighted by Gasteiger charge is -2.09. The minimum absolute atomic E-state index is 0.250. The van der Waals surface area contributed by atoms with Gasteiger partial charge >= 0.3 is 0 Å². The average molecular weight is 388 g/mol. The highest BCUT2D eigenvalue weighted by molar-refractivity contribution is 6.30. The second-order valence-electron chi connectivity index (χ2n) is 5.82. The summed E-state index contributed by atoms with van der Waals surface area (Å²) >= 11 is 5.84. The van der Waals surface area contributed by atoms with Crippen LogP contribution in [0.15, 0.2) is 60.8 Å². The molecule has 138 valence electrons. The summed E-state index contributed by atoms with van der Waals surface area (Å²) in [4.78, 5) is 16.4. The molecule has 0 fully saturated rings. The van der Waals surface area contributed by atoms with Crippen molar-refractivity contribution in [2.45, 2.75) is 6.42 Å². The highest BCUT2D eigenvalue weighted by Gasteiger charge is 2.08. The molecule has 0 saturated heterocycles. The van der Waals surface area contributed by atoms with Crippen LogP contribution < -0.4 is 10.6 Å². The van der Waals surface area contributed by atoms with Gasteiger partial charge in [0.05, 0.1) is 0 Å². The van der Waals surface area contributed by atoms with E-state index in [2.05, 4.69) is 15.6 Å². The van der Waals surface area contributed by atoms with Gasteiger partial charge in [0.1, 0.15) is 5.82 Å². The van der Waals surface area contributed by atoms with Crippen molar-refractivity contribution < 1.29 is 13.6 Å². The number of hydrogen-bond acceptors (Lipinski definition) is 3. The summed E-state index contributed by atoms with van der Waals surface area (Å²) < 4.78 is 26.3. The number of benzene rings is 2. The quantitative estimate of drug-likeness (QED) is 0.643. The first-order valence-electron chi connectivity index (χ1n) is 8.22. The molecule has 0 radical (unpaired) electrons. The molecule has 3 rings (SSSR count). The number of carbonyl (C=O) groups excluding carboxylic acids is 1. The van der Waals surface area contributed by atoms with Crippen LogP contribution >= 0.6 is 11.6 Å². The molecule has 7 heteroatoms. The van der Waals surface area contributed by atoms with E-state index >= 15 is 0 Å². The fourth-order valence-corrected chi connectivity index (χ4v) is 2.56. The molecule has 0 aliphatic heterocycles. The zero-order valence-corrected chi connectivity index (χ0v) is 14.9. The van der Waals surface area contributed by atoms with Gasteiger partial charge < -0.3 is 10.6 Å². The molecule has 0 aliphatic rings. The number of nitrogens with zero attached hydrogens (tertiary/aromatic N) is 1. The number of pyridine rings is 1. The number of halogens is 3. The van der Waals surface area contributed by atoms with Crippen LogP contribution in [0.25, 0.3) is 0 Å². The Kier molecular flexibility index (Phi) is 5.98. The first-order valence-corrected chi connectivity index (χ1v) is 8.60. The second kappa shape index (κ2) is 8.60. The van der Waals surface area contributed by atoms with Crippen LogP contribution in [0.2, 0.25) is 5.02 Å². The molecule has 2 N–H and O–H groups in total. The SMILES string of the molecule is O=C(NCCc1ccc(Cl)cc1)c1ccnc(Nc2ccc(F)c(F)c2)c1. The molecular weight excluding hydrogens is 372 g/mol. The van der Waals surface area contributed by atoms with Crippen molar-refractivity contribution in [3.63, 3.8) is 0 Å². The van der Waals surface area contributed by atoms with Crippen LogP contribution in [-0.2, 0) is 6.42 Å². The molecule has 1 amide bonds. The monoisotopic (exact) mass is 387 g/mol. The van der Waals surface area contributed by atoms with E-state index in [1.165, 1.54) is 12.3 Å². The summed E-state index contributed by atoms with van der Waals surface area (Å²) in [5.74, 6) is -1.79. The van der Waals surface area contributed by atoms with Crippen molar-refractivity contribution in [2.75, 3.05) is 11.9 Å². The van der Waals surface area contributed by atoms with E-state index in [-0.39, 0.29) is 5.91 Å².